The fourth-order valence-electron chi connectivity index (χ4n) is 2.97. The number of carbonyl (C=O) groups is 7. The largest absolute Gasteiger partial charge is 0.444 e. The van der Waals surface area contributed by atoms with Crippen LogP contribution in [0.3, 0.4) is 0 Å². The SMILES string of the molecule is CC(C)(C)OC(=O)NCCC(=O)N(CC(=O)ON1C(=O)CCC1=O)CC(=O)ON1C(=O)CCC1O. The van der Waals surface area contributed by atoms with Gasteiger partial charge in [0.15, 0.2) is 6.23 Å². The number of amides is 5. The lowest BCUT2D eigenvalue weighted by Gasteiger charge is -2.24. The van der Waals surface area contributed by atoms with E-state index in [0.717, 1.165) is 0 Å². The van der Waals surface area contributed by atoms with E-state index < -0.39 is 66.6 Å². The molecule has 194 valence electrons. The Kier molecular flexibility index (Phi) is 9.11. The zero-order chi connectivity index (χ0) is 26.3. The molecule has 0 aliphatic carbocycles. The minimum Gasteiger partial charge on any atom is -0.444 e. The van der Waals surface area contributed by atoms with Crippen molar-refractivity contribution in [3.63, 3.8) is 0 Å². The van der Waals surface area contributed by atoms with Gasteiger partial charge < -0.3 is 29.7 Å². The van der Waals surface area contributed by atoms with E-state index in [2.05, 4.69) is 5.32 Å². The van der Waals surface area contributed by atoms with Crippen LogP contribution in [0.25, 0.3) is 0 Å². The van der Waals surface area contributed by atoms with Gasteiger partial charge in [-0.3, -0.25) is 19.2 Å². The molecule has 2 N–H and O–H groups in total. The molecule has 0 bridgehead atoms. The molecule has 0 aromatic carbocycles. The van der Waals surface area contributed by atoms with Crippen molar-refractivity contribution in [2.45, 2.75) is 64.7 Å². The van der Waals surface area contributed by atoms with Crippen LogP contribution in [0.4, 0.5) is 4.79 Å². The van der Waals surface area contributed by atoms with E-state index in [1.807, 2.05) is 0 Å². The molecule has 2 rings (SSSR count). The van der Waals surface area contributed by atoms with Gasteiger partial charge in [0.05, 0.1) is 0 Å². The lowest BCUT2D eigenvalue weighted by molar-refractivity contribution is -0.221. The standard InChI is InChI=1S/C20H28N4O11/c1-20(2,3)33-19(32)21-9-8-12(25)22(10-17(30)34-23-13(26)4-5-14(23)27)11-18(31)35-24-15(28)6-7-16(24)29/h13,26H,4-11H2,1-3H3,(H,21,32). The first-order valence-electron chi connectivity index (χ1n) is 10.8. The van der Waals surface area contributed by atoms with Gasteiger partial charge in [0.25, 0.3) is 17.7 Å². The third-order valence-electron chi connectivity index (χ3n) is 4.53. The van der Waals surface area contributed by atoms with Crippen molar-refractivity contribution in [1.29, 1.82) is 0 Å². The van der Waals surface area contributed by atoms with Crippen LogP contribution in [0.5, 0.6) is 0 Å². The van der Waals surface area contributed by atoms with Gasteiger partial charge in [-0.25, -0.2) is 14.4 Å². The van der Waals surface area contributed by atoms with Crippen LogP contribution in [0.15, 0.2) is 0 Å². The van der Waals surface area contributed by atoms with E-state index >= 15 is 0 Å². The third kappa shape index (κ3) is 8.51. The Hall–Kier alpha value is -3.75. The summed E-state index contributed by atoms with van der Waals surface area (Å²) in [6.45, 7) is 3.05. The van der Waals surface area contributed by atoms with Gasteiger partial charge in [-0.1, -0.05) is 0 Å². The summed E-state index contributed by atoms with van der Waals surface area (Å²) in [4.78, 5) is 94.1. The van der Waals surface area contributed by atoms with Crippen molar-refractivity contribution < 1.29 is 53.1 Å². The predicted molar refractivity (Wildman–Crippen MR) is 111 cm³/mol. The molecule has 15 nitrogen and oxygen atoms in total. The summed E-state index contributed by atoms with van der Waals surface area (Å²) in [6, 6.07) is 0. The number of aliphatic hydroxyl groups is 1. The molecule has 2 heterocycles. The van der Waals surface area contributed by atoms with Crippen molar-refractivity contribution in [2.24, 2.45) is 0 Å². The second kappa shape index (κ2) is 11.6. The van der Waals surface area contributed by atoms with Crippen molar-refractivity contribution in [2.75, 3.05) is 19.6 Å². The van der Waals surface area contributed by atoms with Crippen LogP contribution in [-0.2, 0) is 43.2 Å². The summed E-state index contributed by atoms with van der Waals surface area (Å²) in [6.07, 6.45) is -2.76. The Morgan fingerprint density at radius 3 is 2.06 bits per heavy atom. The molecule has 0 saturated carbocycles. The van der Waals surface area contributed by atoms with E-state index in [1.54, 1.807) is 20.8 Å². The quantitative estimate of drug-likeness (QED) is 0.359. The van der Waals surface area contributed by atoms with Gasteiger partial charge in [-0.2, -0.15) is 0 Å². The van der Waals surface area contributed by atoms with Crippen LogP contribution in [-0.4, -0.2) is 93.3 Å². The third-order valence-corrected chi connectivity index (χ3v) is 4.53. The zero-order valence-corrected chi connectivity index (χ0v) is 19.6. The highest BCUT2D eigenvalue weighted by atomic mass is 16.7. The van der Waals surface area contributed by atoms with Crippen molar-refractivity contribution in [1.82, 2.24) is 20.3 Å². The van der Waals surface area contributed by atoms with Crippen molar-refractivity contribution in [3.05, 3.63) is 0 Å². The Labute approximate surface area is 200 Å². The second-order valence-electron chi connectivity index (χ2n) is 8.68. The number of hydrogen-bond donors (Lipinski definition) is 2. The molecule has 15 heteroatoms. The summed E-state index contributed by atoms with van der Waals surface area (Å²) in [7, 11) is 0. The monoisotopic (exact) mass is 500 g/mol. The van der Waals surface area contributed by atoms with Gasteiger partial charge in [-0.15, -0.1) is 10.1 Å². The number of alkyl carbamates (subject to hydrolysis) is 1. The Bertz CT molecular complexity index is 882. The Balaban J connectivity index is 1.99. The molecular weight excluding hydrogens is 472 g/mol. The maximum absolute atomic E-state index is 12.7. The van der Waals surface area contributed by atoms with E-state index in [9.17, 15) is 38.7 Å². The molecular formula is C20H28N4O11. The Morgan fingerprint density at radius 1 is 0.971 bits per heavy atom. The number of nitrogens with one attached hydrogen (secondary N) is 1. The molecule has 2 saturated heterocycles. The molecule has 5 amide bonds. The number of imide groups is 1. The maximum Gasteiger partial charge on any atom is 0.407 e. The molecule has 0 spiro atoms. The molecule has 1 unspecified atom stereocenters. The first kappa shape index (κ1) is 27.5. The molecule has 2 aliphatic heterocycles. The average molecular weight is 500 g/mol. The van der Waals surface area contributed by atoms with Crippen molar-refractivity contribution >= 4 is 41.7 Å². The van der Waals surface area contributed by atoms with Gasteiger partial charge in [0, 0.05) is 38.6 Å². The minimum absolute atomic E-state index is 0.0440. The molecule has 2 fully saturated rings. The molecule has 1 atom stereocenters. The second-order valence-corrected chi connectivity index (χ2v) is 8.68. The molecule has 0 radical (unpaired) electrons. The highest BCUT2D eigenvalue weighted by molar-refractivity contribution is 6.01. The number of aliphatic hydroxyl groups excluding tert-OH is 1. The molecule has 0 aromatic rings. The topological polar surface area (TPSA) is 189 Å². The van der Waals surface area contributed by atoms with Crippen LogP contribution < -0.4 is 5.32 Å². The highest BCUT2D eigenvalue weighted by Crippen LogP contribution is 2.17. The van der Waals surface area contributed by atoms with E-state index in [1.165, 1.54) is 0 Å². The Morgan fingerprint density at radius 2 is 1.54 bits per heavy atom. The number of ether oxygens (including phenoxy) is 1. The number of rotatable bonds is 9. The summed E-state index contributed by atoms with van der Waals surface area (Å²) in [5.74, 6) is -5.24. The zero-order valence-electron chi connectivity index (χ0n) is 19.6. The molecule has 2 aliphatic rings. The average Bonchev–Trinajstić information content (AvgIpc) is 3.22. The van der Waals surface area contributed by atoms with Gasteiger partial charge >= 0.3 is 18.0 Å². The van der Waals surface area contributed by atoms with Crippen LogP contribution in [0.2, 0.25) is 0 Å². The summed E-state index contributed by atoms with van der Waals surface area (Å²) < 4.78 is 5.04. The fourth-order valence-corrected chi connectivity index (χ4v) is 2.97. The van der Waals surface area contributed by atoms with Crippen LogP contribution in [0, 0.1) is 0 Å². The smallest absolute Gasteiger partial charge is 0.407 e. The number of carbonyl (C=O) groups excluding carboxylic acids is 7. The summed E-state index contributed by atoms with van der Waals surface area (Å²) in [5, 5.41) is 12.8. The first-order chi connectivity index (χ1) is 16.3. The van der Waals surface area contributed by atoms with Gasteiger partial charge in [0.1, 0.15) is 18.7 Å². The summed E-state index contributed by atoms with van der Waals surface area (Å²) in [5.41, 5.74) is -0.768. The lowest BCUT2D eigenvalue weighted by Crippen LogP contribution is -2.45. The maximum atomic E-state index is 12.7. The van der Waals surface area contributed by atoms with Crippen LogP contribution in [0.1, 0.15) is 52.9 Å². The predicted octanol–water partition coefficient (Wildman–Crippen LogP) is -1.26. The summed E-state index contributed by atoms with van der Waals surface area (Å²) >= 11 is 0. The fraction of sp³-hybridized carbons (Fsp3) is 0.650. The normalized spacial score (nSPS) is 17.9. The van der Waals surface area contributed by atoms with Crippen LogP contribution >= 0.6 is 0 Å². The number of hydroxylamine groups is 4. The molecule has 35 heavy (non-hydrogen) atoms. The van der Waals surface area contributed by atoms with Crippen molar-refractivity contribution in [3.8, 4) is 0 Å². The lowest BCUT2D eigenvalue weighted by atomic mass is 10.2. The van der Waals surface area contributed by atoms with E-state index in [4.69, 9.17) is 14.4 Å². The minimum atomic E-state index is -1.34. The van der Waals surface area contributed by atoms with E-state index in [-0.39, 0.29) is 43.7 Å². The van der Waals surface area contributed by atoms with Gasteiger partial charge in [0.2, 0.25) is 5.91 Å². The molecule has 0 aromatic heterocycles. The highest BCUT2D eigenvalue weighted by Gasteiger charge is 2.35. The van der Waals surface area contributed by atoms with Gasteiger partial charge in [-0.05, 0) is 20.8 Å². The number of nitrogens with zero attached hydrogens (tertiary/aromatic N) is 3. The first-order valence-corrected chi connectivity index (χ1v) is 10.8. The van der Waals surface area contributed by atoms with E-state index in [0.29, 0.717) is 9.96 Å². The number of hydrogen-bond acceptors (Lipinski definition) is 11.